The number of pyridine rings is 1. The van der Waals surface area contributed by atoms with Gasteiger partial charge in [-0.3, -0.25) is 4.98 Å². The van der Waals surface area contributed by atoms with E-state index in [1.165, 1.54) is 30.5 Å². The van der Waals surface area contributed by atoms with Crippen molar-refractivity contribution in [1.82, 2.24) is 4.98 Å². The van der Waals surface area contributed by atoms with Crippen molar-refractivity contribution in [1.29, 1.82) is 0 Å². The number of nitrogens with zero attached hydrogens (tertiary/aromatic N) is 1. The van der Waals surface area contributed by atoms with Crippen LogP contribution in [-0.2, 0) is 21.9 Å². The number of halogens is 2. The third kappa shape index (κ3) is 5.77. The third-order valence-electron chi connectivity index (χ3n) is 3.72. The Morgan fingerprint density at radius 1 is 1.19 bits per heavy atom. The van der Waals surface area contributed by atoms with Crippen LogP contribution in [0.25, 0.3) is 6.08 Å². The van der Waals surface area contributed by atoms with E-state index in [1.54, 1.807) is 25.1 Å². The number of rotatable bonds is 9. The van der Waals surface area contributed by atoms with E-state index in [-0.39, 0.29) is 23.8 Å². The van der Waals surface area contributed by atoms with Crippen LogP contribution in [0.5, 0.6) is 5.75 Å². The molecule has 0 fully saturated rings. The number of carbonyl (C=O) groups is 1. The highest BCUT2D eigenvalue weighted by atomic mass is 19.3. The fourth-order valence-electron chi connectivity index (χ4n) is 2.23. The minimum Gasteiger partial charge on any atom is -0.487 e. The normalized spacial score (nSPS) is 11.9. The summed E-state index contributed by atoms with van der Waals surface area (Å²) in [5, 5.41) is 9.03. The van der Waals surface area contributed by atoms with Gasteiger partial charge in [0, 0.05) is 6.20 Å². The van der Waals surface area contributed by atoms with Gasteiger partial charge in [-0.05, 0) is 48.7 Å². The molecule has 144 valence electrons. The molecule has 1 N–H and O–H groups in total. The summed E-state index contributed by atoms with van der Waals surface area (Å²) in [6, 6.07) is 9.02. The lowest BCUT2D eigenvalue weighted by molar-refractivity contribution is -0.136. The van der Waals surface area contributed by atoms with Crippen molar-refractivity contribution in [2.45, 2.75) is 26.2 Å². The molecule has 2 aromatic rings. The first-order chi connectivity index (χ1) is 12.9. The molecule has 0 bridgehead atoms. The lowest BCUT2D eigenvalue weighted by Gasteiger charge is -2.17. The van der Waals surface area contributed by atoms with Crippen LogP contribution in [0.1, 0.15) is 30.7 Å². The van der Waals surface area contributed by atoms with Crippen molar-refractivity contribution in [2.24, 2.45) is 0 Å². The predicted molar refractivity (Wildman–Crippen MR) is 96.7 cm³/mol. The van der Waals surface area contributed by atoms with Crippen molar-refractivity contribution in [3.63, 3.8) is 0 Å². The SMILES string of the molecule is CCOC(=Cc1ccc(OCC(F)(F)c2ccc(CC)cn2)cc1)C(=O)O. The molecule has 0 unspecified atom stereocenters. The topological polar surface area (TPSA) is 68.7 Å². The van der Waals surface area contributed by atoms with Gasteiger partial charge in [0.15, 0.2) is 6.61 Å². The van der Waals surface area contributed by atoms with Crippen LogP contribution in [0, 0.1) is 0 Å². The molecule has 1 heterocycles. The molecule has 5 nitrogen and oxygen atoms in total. The molecular weight excluding hydrogens is 356 g/mol. The number of hydrogen-bond donors (Lipinski definition) is 1. The Bertz CT molecular complexity index is 787. The average molecular weight is 377 g/mol. The number of benzene rings is 1. The molecule has 0 spiro atoms. The minimum absolute atomic E-state index is 0.195. The second-order valence-electron chi connectivity index (χ2n) is 5.71. The fraction of sp³-hybridized carbons (Fsp3) is 0.300. The standard InChI is InChI=1S/C20H21F2NO4/c1-3-14-7-10-18(23-12-14)20(21,22)13-27-16-8-5-15(6-9-16)11-17(19(24)25)26-4-2/h5-12H,3-4,13H2,1-2H3,(H,24,25). The highest BCUT2D eigenvalue weighted by Crippen LogP contribution is 2.28. The van der Waals surface area contributed by atoms with E-state index in [1.807, 2.05) is 6.92 Å². The minimum atomic E-state index is -3.23. The number of aromatic nitrogens is 1. The van der Waals surface area contributed by atoms with Crippen LogP contribution < -0.4 is 4.74 Å². The molecule has 0 atom stereocenters. The van der Waals surface area contributed by atoms with Gasteiger partial charge in [0.1, 0.15) is 11.4 Å². The number of hydrogen-bond acceptors (Lipinski definition) is 4. The van der Waals surface area contributed by atoms with Gasteiger partial charge in [-0.1, -0.05) is 25.1 Å². The molecule has 1 aromatic carbocycles. The number of ether oxygens (including phenoxy) is 2. The molecule has 7 heteroatoms. The monoisotopic (exact) mass is 377 g/mol. The highest BCUT2D eigenvalue weighted by Gasteiger charge is 2.34. The Balaban J connectivity index is 2.03. The summed E-state index contributed by atoms with van der Waals surface area (Å²) >= 11 is 0. The Labute approximate surface area is 156 Å². The van der Waals surface area contributed by atoms with Gasteiger partial charge < -0.3 is 14.6 Å². The Hall–Kier alpha value is -2.96. The quantitative estimate of drug-likeness (QED) is 0.522. The second kappa shape index (κ2) is 9.12. The molecule has 0 saturated heterocycles. The highest BCUT2D eigenvalue weighted by molar-refractivity contribution is 5.89. The van der Waals surface area contributed by atoms with Crippen LogP contribution in [0.3, 0.4) is 0 Å². The summed E-state index contributed by atoms with van der Waals surface area (Å²) in [4.78, 5) is 14.8. The summed E-state index contributed by atoms with van der Waals surface area (Å²) in [6.45, 7) is 2.98. The Morgan fingerprint density at radius 3 is 2.41 bits per heavy atom. The third-order valence-corrected chi connectivity index (χ3v) is 3.72. The number of aliphatic carboxylic acids is 1. The van der Waals surface area contributed by atoms with Crippen LogP contribution in [0.15, 0.2) is 48.4 Å². The maximum Gasteiger partial charge on any atom is 0.371 e. The molecule has 0 aliphatic rings. The van der Waals surface area contributed by atoms with Crippen LogP contribution in [-0.4, -0.2) is 29.3 Å². The van der Waals surface area contributed by atoms with Crippen molar-refractivity contribution < 1.29 is 28.2 Å². The van der Waals surface area contributed by atoms with E-state index in [9.17, 15) is 13.6 Å². The van der Waals surface area contributed by atoms with E-state index < -0.39 is 18.5 Å². The molecule has 2 rings (SSSR count). The maximum absolute atomic E-state index is 14.2. The van der Waals surface area contributed by atoms with Crippen LogP contribution >= 0.6 is 0 Å². The van der Waals surface area contributed by atoms with Crippen molar-refractivity contribution in [2.75, 3.05) is 13.2 Å². The first kappa shape index (κ1) is 20.4. The van der Waals surface area contributed by atoms with Gasteiger partial charge in [0.05, 0.1) is 6.61 Å². The fourth-order valence-corrected chi connectivity index (χ4v) is 2.23. The lowest BCUT2D eigenvalue weighted by atomic mass is 10.1. The largest absolute Gasteiger partial charge is 0.487 e. The number of alkyl halides is 2. The van der Waals surface area contributed by atoms with E-state index in [0.29, 0.717) is 5.56 Å². The molecule has 0 amide bonds. The summed E-state index contributed by atoms with van der Waals surface area (Å²) < 4.78 is 38.6. The molecule has 0 aliphatic heterocycles. The number of carboxylic acids is 1. The van der Waals surface area contributed by atoms with Gasteiger partial charge in [-0.15, -0.1) is 0 Å². The maximum atomic E-state index is 14.2. The lowest BCUT2D eigenvalue weighted by Crippen LogP contribution is -2.24. The Morgan fingerprint density at radius 2 is 1.89 bits per heavy atom. The van der Waals surface area contributed by atoms with Crippen molar-refractivity contribution in [3.05, 3.63) is 65.2 Å². The summed E-state index contributed by atoms with van der Waals surface area (Å²) in [5.41, 5.74) is 1.09. The zero-order valence-electron chi connectivity index (χ0n) is 15.1. The summed E-state index contributed by atoms with van der Waals surface area (Å²) in [7, 11) is 0. The van der Waals surface area contributed by atoms with Crippen LogP contribution in [0.2, 0.25) is 0 Å². The molecule has 0 radical (unpaired) electrons. The van der Waals surface area contributed by atoms with E-state index in [0.717, 1.165) is 12.0 Å². The molecule has 0 aliphatic carbocycles. The molecule has 27 heavy (non-hydrogen) atoms. The van der Waals surface area contributed by atoms with E-state index in [4.69, 9.17) is 14.6 Å². The van der Waals surface area contributed by atoms with E-state index >= 15 is 0 Å². The first-order valence-electron chi connectivity index (χ1n) is 8.49. The van der Waals surface area contributed by atoms with Crippen molar-refractivity contribution >= 4 is 12.0 Å². The number of carboxylic acid groups (broad SMARTS) is 1. The predicted octanol–water partition coefficient (Wildman–Crippen LogP) is 4.28. The van der Waals surface area contributed by atoms with Gasteiger partial charge in [0.25, 0.3) is 0 Å². The first-order valence-corrected chi connectivity index (χ1v) is 8.49. The smallest absolute Gasteiger partial charge is 0.371 e. The van der Waals surface area contributed by atoms with Crippen molar-refractivity contribution in [3.8, 4) is 5.75 Å². The van der Waals surface area contributed by atoms with Crippen LogP contribution in [0.4, 0.5) is 8.78 Å². The molecule has 0 saturated carbocycles. The molecular formula is C20H21F2NO4. The zero-order chi connectivity index (χ0) is 19.9. The van der Waals surface area contributed by atoms with Gasteiger partial charge >= 0.3 is 11.9 Å². The second-order valence-corrected chi connectivity index (χ2v) is 5.71. The van der Waals surface area contributed by atoms with Gasteiger partial charge in [-0.25, -0.2) is 4.79 Å². The number of aryl methyl sites for hydroxylation is 1. The average Bonchev–Trinajstić information content (AvgIpc) is 2.67. The zero-order valence-corrected chi connectivity index (χ0v) is 15.1. The summed E-state index contributed by atoms with van der Waals surface area (Å²) in [6.07, 6.45) is 3.51. The van der Waals surface area contributed by atoms with E-state index in [2.05, 4.69) is 4.98 Å². The molecule has 1 aromatic heterocycles. The van der Waals surface area contributed by atoms with Gasteiger partial charge in [-0.2, -0.15) is 8.78 Å². The summed E-state index contributed by atoms with van der Waals surface area (Å²) in [5.74, 6) is -4.36. The van der Waals surface area contributed by atoms with Gasteiger partial charge in [0.2, 0.25) is 5.76 Å². The Kier molecular flexibility index (Phi) is 6.87.